The first-order valence-corrected chi connectivity index (χ1v) is 6.57. The van der Waals surface area contributed by atoms with Crippen LogP contribution in [0.15, 0.2) is 28.5 Å². The maximum absolute atomic E-state index is 4.12. The molecule has 1 unspecified atom stereocenters. The van der Waals surface area contributed by atoms with Crippen molar-refractivity contribution in [3.63, 3.8) is 0 Å². The topological polar surface area (TPSA) is 38.8 Å². The van der Waals surface area contributed by atoms with Crippen LogP contribution in [0.1, 0.15) is 57.4 Å². The lowest BCUT2D eigenvalue weighted by molar-refractivity contribution is 0.580. The molecule has 0 spiro atoms. The van der Waals surface area contributed by atoms with Gasteiger partial charge in [0.25, 0.3) is 0 Å². The molecule has 0 bridgehead atoms. The highest BCUT2D eigenvalue weighted by atomic mass is 15.5. The second-order valence-electron chi connectivity index (χ2n) is 4.75. The predicted molar refractivity (Wildman–Crippen MR) is 69.9 cm³/mol. The van der Waals surface area contributed by atoms with E-state index in [2.05, 4.69) is 41.7 Å². The maximum Gasteiger partial charge on any atom is 0.119 e. The second kappa shape index (κ2) is 5.80. The summed E-state index contributed by atoms with van der Waals surface area (Å²) >= 11 is 0. The highest BCUT2D eigenvalue weighted by Gasteiger charge is 2.17. The monoisotopic (exact) mass is 230 g/mol. The molecule has 17 heavy (non-hydrogen) atoms. The average Bonchev–Trinajstić information content (AvgIpc) is 2.82. The van der Waals surface area contributed by atoms with Crippen LogP contribution < -0.4 is 5.43 Å². The van der Waals surface area contributed by atoms with E-state index in [0.29, 0.717) is 5.92 Å². The van der Waals surface area contributed by atoms with Gasteiger partial charge < -0.3 is 0 Å². The highest BCUT2D eigenvalue weighted by molar-refractivity contribution is 5.67. The Labute approximate surface area is 103 Å². The molecule has 1 heterocycles. The van der Waals surface area contributed by atoms with E-state index in [4.69, 9.17) is 0 Å². The van der Waals surface area contributed by atoms with Gasteiger partial charge in [0, 0.05) is 0 Å². The number of hydrogen-bond donors (Lipinski definition) is 0. The minimum absolute atomic E-state index is 0.550. The number of rotatable bonds is 6. The molecule has 1 aromatic carbocycles. The van der Waals surface area contributed by atoms with Crippen LogP contribution in [0.5, 0.6) is 0 Å². The molecular formula is C14H20N3. The molecule has 1 atom stereocenters. The van der Waals surface area contributed by atoms with Crippen LogP contribution in [0.3, 0.4) is 0 Å². The van der Waals surface area contributed by atoms with Crippen LogP contribution in [0.2, 0.25) is 0 Å². The van der Waals surface area contributed by atoms with Gasteiger partial charge >= 0.3 is 0 Å². The van der Waals surface area contributed by atoms with Gasteiger partial charge in [-0.3, -0.25) is 0 Å². The molecule has 1 aromatic rings. The molecule has 0 amide bonds. The summed E-state index contributed by atoms with van der Waals surface area (Å²) < 4.78 is 0. The number of benzene rings is 1. The first kappa shape index (κ1) is 12.1. The zero-order valence-corrected chi connectivity index (χ0v) is 10.7. The van der Waals surface area contributed by atoms with Gasteiger partial charge in [-0.15, -0.1) is 10.5 Å². The van der Waals surface area contributed by atoms with Gasteiger partial charge in [0.15, 0.2) is 0 Å². The summed E-state index contributed by atoms with van der Waals surface area (Å²) in [6, 6.07) is 6.18. The van der Waals surface area contributed by atoms with Crippen molar-refractivity contribution in [3.8, 4) is 0 Å². The van der Waals surface area contributed by atoms with E-state index in [1.54, 1.807) is 0 Å². The number of hydrogen-bond acceptors (Lipinski definition) is 2. The second-order valence-corrected chi connectivity index (χ2v) is 4.75. The largest absolute Gasteiger partial charge is 0.128 e. The molecule has 0 fully saturated rings. The molecule has 2 rings (SSSR count). The summed E-state index contributed by atoms with van der Waals surface area (Å²) in [7, 11) is 0. The molecule has 0 saturated heterocycles. The molecule has 1 radical (unpaired) electrons. The third-order valence-electron chi connectivity index (χ3n) is 3.36. The minimum atomic E-state index is 0.550. The van der Waals surface area contributed by atoms with Gasteiger partial charge in [0.1, 0.15) is 11.4 Å². The SMILES string of the molecule is CCCCCCC(C)c1cccc2c1N=N[N]2. The first-order chi connectivity index (χ1) is 8.33. The summed E-state index contributed by atoms with van der Waals surface area (Å²) in [6.07, 6.45) is 6.50. The van der Waals surface area contributed by atoms with Crippen molar-refractivity contribution < 1.29 is 0 Å². The third-order valence-corrected chi connectivity index (χ3v) is 3.36. The first-order valence-electron chi connectivity index (χ1n) is 6.57. The minimum Gasteiger partial charge on any atom is -0.128 e. The Kier molecular flexibility index (Phi) is 4.13. The fourth-order valence-corrected chi connectivity index (χ4v) is 2.28. The summed E-state index contributed by atoms with van der Waals surface area (Å²) in [5, 5.41) is 7.88. The van der Waals surface area contributed by atoms with E-state index in [0.717, 1.165) is 11.4 Å². The summed E-state index contributed by atoms with van der Waals surface area (Å²) in [5.41, 5.74) is 7.21. The average molecular weight is 230 g/mol. The molecule has 0 aliphatic carbocycles. The molecule has 3 nitrogen and oxygen atoms in total. The smallest absolute Gasteiger partial charge is 0.119 e. The van der Waals surface area contributed by atoms with Crippen molar-refractivity contribution >= 4 is 11.4 Å². The van der Waals surface area contributed by atoms with Crippen LogP contribution in [0.25, 0.3) is 0 Å². The van der Waals surface area contributed by atoms with Crippen molar-refractivity contribution in [1.29, 1.82) is 0 Å². The van der Waals surface area contributed by atoms with Crippen LogP contribution in [0, 0.1) is 0 Å². The van der Waals surface area contributed by atoms with Crippen LogP contribution in [0.4, 0.5) is 11.4 Å². The number of fused-ring (bicyclic) bond motifs is 1. The molecule has 0 saturated carbocycles. The van der Waals surface area contributed by atoms with Gasteiger partial charge in [-0.25, -0.2) is 0 Å². The zero-order valence-electron chi connectivity index (χ0n) is 10.7. The van der Waals surface area contributed by atoms with Crippen LogP contribution >= 0.6 is 0 Å². The standard InChI is InChI=1S/C14H20N3/c1-3-4-5-6-8-11(2)12-9-7-10-13-14(12)16-17-15-13/h7,9-11H,3-6,8H2,1-2H3. The van der Waals surface area contributed by atoms with Crippen molar-refractivity contribution in [2.45, 2.75) is 51.9 Å². The fourth-order valence-electron chi connectivity index (χ4n) is 2.28. The zero-order chi connectivity index (χ0) is 12.1. The quantitative estimate of drug-likeness (QED) is 0.616. The molecule has 0 N–H and O–H groups in total. The van der Waals surface area contributed by atoms with Crippen LogP contribution in [-0.2, 0) is 0 Å². The Morgan fingerprint density at radius 2 is 2.06 bits per heavy atom. The van der Waals surface area contributed by atoms with Crippen molar-refractivity contribution in [3.05, 3.63) is 23.8 Å². The molecule has 0 aromatic heterocycles. The molecule has 1 aliphatic heterocycles. The third kappa shape index (κ3) is 2.84. The molecule has 91 valence electrons. The lowest BCUT2D eigenvalue weighted by Gasteiger charge is -2.13. The van der Waals surface area contributed by atoms with E-state index in [1.165, 1.54) is 37.7 Å². The Balaban J connectivity index is 1.97. The van der Waals surface area contributed by atoms with Crippen molar-refractivity contribution in [2.75, 3.05) is 0 Å². The summed E-state index contributed by atoms with van der Waals surface area (Å²) in [5.74, 6) is 0.550. The van der Waals surface area contributed by atoms with Gasteiger partial charge in [0.05, 0.1) is 0 Å². The van der Waals surface area contributed by atoms with Gasteiger partial charge in [-0.2, -0.15) is 0 Å². The number of unbranched alkanes of at least 4 members (excludes halogenated alkanes) is 3. The Hall–Kier alpha value is -1.38. The predicted octanol–water partition coefficient (Wildman–Crippen LogP) is 5.01. The molecule has 1 aliphatic rings. The Bertz CT molecular complexity index is 398. The van der Waals surface area contributed by atoms with Gasteiger partial charge in [-0.05, 0) is 29.2 Å². The molecule has 3 heteroatoms. The Morgan fingerprint density at radius 3 is 2.88 bits per heavy atom. The fraction of sp³-hybridized carbons (Fsp3) is 0.571. The van der Waals surface area contributed by atoms with E-state index in [9.17, 15) is 0 Å². The van der Waals surface area contributed by atoms with Crippen molar-refractivity contribution in [1.82, 2.24) is 5.43 Å². The van der Waals surface area contributed by atoms with Gasteiger partial charge in [0.2, 0.25) is 0 Å². The highest BCUT2D eigenvalue weighted by Crippen LogP contribution is 2.39. The Morgan fingerprint density at radius 1 is 1.18 bits per heavy atom. The molecular weight excluding hydrogens is 210 g/mol. The van der Waals surface area contributed by atoms with Gasteiger partial charge in [-0.1, -0.05) is 51.7 Å². The summed E-state index contributed by atoms with van der Waals surface area (Å²) in [6.45, 7) is 4.52. The van der Waals surface area contributed by atoms with E-state index >= 15 is 0 Å². The van der Waals surface area contributed by atoms with E-state index < -0.39 is 0 Å². The van der Waals surface area contributed by atoms with E-state index in [1.807, 2.05) is 6.07 Å². The normalized spacial score (nSPS) is 14.5. The lowest BCUT2D eigenvalue weighted by atomic mass is 9.93. The van der Waals surface area contributed by atoms with Crippen molar-refractivity contribution in [2.24, 2.45) is 10.3 Å². The van der Waals surface area contributed by atoms with E-state index in [-0.39, 0.29) is 0 Å². The number of nitrogens with zero attached hydrogens (tertiary/aromatic N) is 3. The lowest BCUT2D eigenvalue weighted by Crippen LogP contribution is -1.94. The maximum atomic E-state index is 4.12. The summed E-state index contributed by atoms with van der Waals surface area (Å²) in [4.78, 5) is 0. The van der Waals surface area contributed by atoms with Crippen LogP contribution in [-0.4, -0.2) is 0 Å².